The highest BCUT2D eigenvalue weighted by atomic mass is 35.5. The first-order valence-electron chi connectivity index (χ1n) is 9.21. The Morgan fingerprint density at radius 1 is 1.07 bits per heavy atom. The highest BCUT2D eigenvalue weighted by Crippen LogP contribution is 2.41. The normalized spacial score (nSPS) is 18.3. The summed E-state index contributed by atoms with van der Waals surface area (Å²) in [5.41, 5.74) is 0.607. The molecule has 2 atom stereocenters. The molecule has 1 saturated carbocycles. The van der Waals surface area contributed by atoms with Gasteiger partial charge in [0, 0.05) is 18.3 Å². The highest BCUT2D eigenvalue weighted by molar-refractivity contribution is 6.42. The van der Waals surface area contributed by atoms with Crippen LogP contribution in [0.4, 0.5) is 0 Å². The van der Waals surface area contributed by atoms with Crippen molar-refractivity contribution >= 4 is 40.9 Å². The number of halogens is 2. The van der Waals surface area contributed by atoms with E-state index in [2.05, 4.69) is 0 Å². The molecule has 7 heteroatoms. The van der Waals surface area contributed by atoms with Gasteiger partial charge in [-0.25, -0.2) is 0 Å². The second-order valence-corrected chi connectivity index (χ2v) is 7.31. The number of carbonyl (C=O) groups excluding carboxylic acids is 3. The van der Waals surface area contributed by atoms with E-state index in [1.54, 1.807) is 32.0 Å². The van der Waals surface area contributed by atoms with Gasteiger partial charge in [-0.1, -0.05) is 35.7 Å². The van der Waals surface area contributed by atoms with Crippen molar-refractivity contribution < 1.29 is 23.9 Å². The van der Waals surface area contributed by atoms with Crippen LogP contribution in [0.25, 0.3) is 0 Å². The van der Waals surface area contributed by atoms with Crippen LogP contribution in [-0.2, 0) is 23.9 Å². The van der Waals surface area contributed by atoms with Crippen LogP contribution in [0.2, 0.25) is 10.0 Å². The van der Waals surface area contributed by atoms with Crippen molar-refractivity contribution in [1.29, 1.82) is 0 Å². The number of Topliss-reactive ketones (excluding diaryl/α,β-unsaturated/α-hetero) is 1. The monoisotopic (exact) mass is 414 g/mol. The molecule has 2 rings (SSSR count). The Kier molecular flexibility index (Phi) is 8.11. The molecule has 1 aromatic rings. The third kappa shape index (κ3) is 5.23. The summed E-state index contributed by atoms with van der Waals surface area (Å²) in [7, 11) is 0. The molecule has 0 N–H and O–H groups in total. The lowest BCUT2D eigenvalue weighted by molar-refractivity contribution is -0.163. The van der Waals surface area contributed by atoms with Crippen LogP contribution >= 0.6 is 23.2 Å². The molecule has 0 saturated heterocycles. The largest absolute Gasteiger partial charge is 0.465 e. The van der Waals surface area contributed by atoms with E-state index < -0.39 is 29.7 Å². The van der Waals surface area contributed by atoms with Crippen LogP contribution in [0.5, 0.6) is 0 Å². The predicted molar refractivity (Wildman–Crippen MR) is 103 cm³/mol. The number of ether oxygens (including phenoxy) is 2. The first-order chi connectivity index (χ1) is 12.9. The summed E-state index contributed by atoms with van der Waals surface area (Å²) in [6.45, 7) is 3.59. The number of esters is 2. The summed E-state index contributed by atoms with van der Waals surface area (Å²) in [4.78, 5) is 38.0. The van der Waals surface area contributed by atoms with Crippen molar-refractivity contribution in [3.8, 4) is 0 Å². The van der Waals surface area contributed by atoms with Gasteiger partial charge in [-0.2, -0.15) is 0 Å². The van der Waals surface area contributed by atoms with Crippen molar-refractivity contribution in [3.05, 3.63) is 33.8 Å². The second-order valence-electron chi connectivity index (χ2n) is 6.50. The van der Waals surface area contributed by atoms with Crippen molar-refractivity contribution in [2.45, 2.75) is 45.4 Å². The third-order valence-electron chi connectivity index (χ3n) is 4.80. The molecule has 0 heterocycles. The number of rotatable bonds is 7. The van der Waals surface area contributed by atoms with E-state index in [9.17, 15) is 14.4 Å². The third-order valence-corrected chi connectivity index (χ3v) is 5.54. The van der Waals surface area contributed by atoms with Crippen LogP contribution in [0, 0.1) is 11.8 Å². The number of ketones is 1. The van der Waals surface area contributed by atoms with Crippen molar-refractivity contribution in [2.24, 2.45) is 11.8 Å². The molecule has 0 spiro atoms. The zero-order valence-electron chi connectivity index (χ0n) is 15.5. The Balaban J connectivity index is 2.55. The molecule has 0 radical (unpaired) electrons. The van der Waals surface area contributed by atoms with E-state index in [1.165, 1.54) is 0 Å². The second kappa shape index (κ2) is 10.1. The predicted octanol–water partition coefficient (Wildman–Crippen LogP) is 4.58. The van der Waals surface area contributed by atoms with Gasteiger partial charge in [-0.05, 0) is 44.4 Å². The number of carbonyl (C=O) groups is 3. The molecule has 0 amide bonds. The van der Waals surface area contributed by atoms with Gasteiger partial charge < -0.3 is 9.47 Å². The molecule has 1 aliphatic rings. The van der Waals surface area contributed by atoms with Crippen LogP contribution in [0.1, 0.15) is 51.0 Å². The van der Waals surface area contributed by atoms with Gasteiger partial charge in [-0.3, -0.25) is 14.4 Å². The Morgan fingerprint density at radius 3 is 2.22 bits per heavy atom. The minimum Gasteiger partial charge on any atom is -0.465 e. The molecule has 1 fully saturated rings. The fraction of sp³-hybridized carbons (Fsp3) is 0.550. The molecule has 148 valence electrons. The summed E-state index contributed by atoms with van der Waals surface area (Å²) in [6, 6.07) is 4.92. The number of benzene rings is 1. The maximum absolute atomic E-state index is 12.7. The summed E-state index contributed by atoms with van der Waals surface area (Å²) in [5.74, 6) is -3.75. The topological polar surface area (TPSA) is 69.7 Å². The standard InChI is InChI=1S/C20H24Cl2O5/c1-3-26-19(24)18(20(25)27-4-2)17(13-7-5-6-8-16(13)23)12-9-10-14(21)15(22)11-12/h9-11,13,17-18H,3-8H2,1-2H3/t13-,17+/m1/s1. The minimum absolute atomic E-state index is 0.0379. The van der Waals surface area contributed by atoms with Gasteiger partial charge in [0.15, 0.2) is 5.92 Å². The molecule has 0 aromatic heterocycles. The van der Waals surface area contributed by atoms with Crippen molar-refractivity contribution in [1.82, 2.24) is 0 Å². The molecule has 27 heavy (non-hydrogen) atoms. The fourth-order valence-corrected chi connectivity index (χ4v) is 3.93. The van der Waals surface area contributed by atoms with E-state index in [0.29, 0.717) is 28.5 Å². The molecular formula is C20H24Cl2O5. The lowest BCUT2D eigenvalue weighted by atomic mass is 9.70. The van der Waals surface area contributed by atoms with Crippen LogP contribution in [-0.4, -0.2) is 30.9 Å². The summed E-state index contributed by atoms with van der Waals surface area (Å²) < 4.78 is 10.3. The van der Waals surface area contributed by atoms with E-state index in [1.807, 2.05) is 0 Å². The molecule has 5 nitrogen and oxygen atoms in total. The molecule has 0 aliphatic heterocycles. The van der Waals surface area contributed by atoms with Gasteiger partial charge in [0.05, 0.1) is 23.3 Å². The zero-order chi connectivity index (χ0) is 20.0. The van der Waals surface area contributed by atoms with Crippen LogP contribution in [0.3, 0.4) is 0 Å². The first kappa shape index (κ1) is 21.7. The maximum atomic E-state index is 12.7. The van der Waals surface area contributed by atoms with Crippen LogP contribution < -0.4 is 0 Å². The highest BCUT2D eigenvalue weighted by Gasteiger charge is 2.45. The van der Waals surface area contributed by atoms with E-state index in [4.69, 9.17) is 32.7 Å². The average molecular weight is 415 g/mol. The lowest BCUT2D eigenvalue weighted by Gasteiger charge is -2.33. The van der Waals surface area contributed by atoms with E-state index >= 15 is 0 Å². The maximum Gasteiger partial charge on any atom is 0.320 e. The summed E-state index contributed by atoms with van der Waals surface area (Å²) in [5, 5.41) is 0.659. The first-order valence-corrected chi connectivity index (χ1v) is 9.97. The van der Waals surface area contributed by atoms with Crippen molar-refractivity contribution in [2.75, 3.05) is 13.2 Å². The molecule has 1 aromatic carbocycles. The minimum atomic E-state index is -1.23. The molecule has 1 aliphatic carbocycles. The lowest BCUT2D eigenvalue weighted by Crippen LogP contribution is -2.40. The zero-order valence-corrected chi connectivity index (χ0v) is 17.0. The smallest absolute Gasteiger partial charge is 0.320 e. The quantitative estimate of drug-likeness (QED) is 0.482. The van der Waals surface area contributed by atoms with E-state index in [-0.39, 0.29) is 19.0 Å². The summed E-state index contributed by atoms with van der Waals surface area (Å²) in [6.07, 6.45) is 2.69. The average Bonchev–Trinajstić information content (AvgIpc) is 2.63. The Labute approximate surface area is 169 Å². The molecule has 0 bridgehead atoms. The molecule has 0 unspecified atom stereocenters. The SMILES string of the molecule is CCOC(=O)C(C(=O)OCC)[C@@H](c1ccc(Cl)c(Cl)c1)[C@@H]1CCCCC1=O. The van der Waals surface area contributed by atoms with Gasteiger partial charge in [0.1, 0.15) is 5.78 Å². The Morgan fingerprint density at radius 2 is 1.70 bits per heavy atom. The van der Waals surface area contributed by atoms with Crippen molar-refractivity contribution in [3.63, 3.8) is 0 Å². The van der Waals surface area contributed by atoms with Gasteiger partial charge in [0.2, 0.25) is 0 Å². The Bertz CT molecular complexity index is 686. The number of hydrogen-bond donors (Lipinski definition) is 0. The van der Waals surface area contributed by atoms with E-state index in [0.717, 1.165) is 12.8 Å². The van der Waals surface area contributed by atoms with Gasteiger partial charge in [0.25, 0.3) is 0 Å². The number of hydrogen-bond acceptors (Lipinski definition) is 5. The van der Waals surface area contributed by atoms with Crippen LogP contribution in [0.15, 0.2) is 18.2 Å². The fourth-order valence-electron chi connectivity index (χ4n) is 3.62. The Hall–Kier alpha value is -1.59. The van der Waals surface area contributed by atoms with Gasteiger partial charge in [-0.15, -0.1) is 0 Å². The molecular weight excluding hydrogens is 391 g/mol. The summed E-state index contributed by atoms with van der Waals surface area (Å²) >= 11 is 12.2. The van der Waals surface area contributed by atoms with Gasteiger partial charge >= 0.3 is 11.9 Å².